The molecule has 0 N–H and O–H groups in total. The van der Waals surface area contributed by atoms with E-state index in [0.29, 0.717) is 11.2 Å². The van der Waals surface area contributed by atoms with Gasteiger partial charge in [0.25, 0.3) is 0 Å². The summed E-state index contributed by atoms with van der Waals surface area (Å²) in [6, 6.07) is 0.700. The number of alkyl halides is 3. The zero-order valence-corrected chi connectivity index (χ0v) is 19.7. The van der Waals surface area contributed by atoms with Gasteiger partial charge in [0.1, 0.15) is 24.0 Å². The Bertz CT molecular complexity index is 1120. The summed E-state index contributed by atoms with van der Waals surface area (Å²) in [6.45, 7) is 5.33. The lowest BCUT2D eigenvalue weighted by atomic mass is 9.94. The van der Waals surface area contributed by atoms with Crippen molar-refractivity contribution in [2.45, 2.75) is 63.9 Å². The number of likely N-dealkylation sites (tertiary alicyclic amines) is 2. The molecule has 12 heteroatoms. The van der Waals surface area contributed by atoms with Gasteiger partial charge in [0.15, 0.2) is 0 Å². The number of fused-ring (bicyclic) bond motifs is 1. The van der Waals surface area contributed by atoms with E-state index in [1.807, 2.05) is 0 Å². The van der Waals surface area contributed by atoms with Crippen LogP contribution >= 0.6 is 11.6 Å². The molecule has 0 bridgehead atoms. The molecular formula is C22H25ClF4N4O3. The first-order valence-corrected chi connectivity index (χ1v) is 11.3. The highest BCUT2D eigenvalue weighted by molar-refractivity contribution is 6.35. The topological polar surface area (TPSA) is 67.7 Å². The lowest BCUT2D eigenvalue weighted by Gasteiger charge is -2.39. The Labute approximate surface area is 198 Å². The maximum Gasteiger partial charge on any atom is 0.410 e. The minimum atomic E-state index is -4.51. The lowest BCUT2D eigenvalue weighted by molar-refractivity contribution is -0.183. The lowest BCUT2D eigenvalue weighted by Crippen LogP contribution is -2.50. The van der Waals surface area contributed by atoms with Crippen LogP contribution < -0.4 is 0 Å². The van der Waals surface area contributed by atoms with Gasteiger partial charge >= 0.3 is 12.3 Å². The second kappa shape index (κ2) is 8.58. The fourth-order valence-corrected chi connectivity index (χ4v) is 4.65. The van der Waals surface area contributed by atoms with E-state index in [9.17, 15) is 27.2 Å². The Morgan fingerprint density at radius 2 is 1.88 bits per heavy atom. The highest BCUT2D eigenvalue weighted by atomic mass is 35.5. The van der Waals surface area contributed by atoms with Gasteiger partial charge in [-0.2, -0.15) is 18.3 Å². The molecule has 186 valence electrons. The third-order valence-electron chi connectivity index (χ3n) is 5.99. The molecular weight excluding hydrogens is 480 g/mol. The van der Waals surface area contributed by atoms with Gasteiger partial charge in [0, 0.05) is 30.9 Å². The molecule has 0 spiro atoms. The second-order valence-electron chi connectivity index (χ2n) is 9.67. The van der Waals surface area contributed by atoms with Crippen molar-refractivity contribution in [1.82, 2.24) is 19.6 Å². The van der Waals surface area contributed by atoms with E-state index in [0.717, 1.165) is 11.0 Å². The van der Waals surface area contributed by atoms with Crippen molar-refractivity contribution in [3.63, 3.8) is 0 Å². The van der Waals surface area contributed by atoms with Gasteiger partial charge in [-0.05, 0) is 45.7 Å². The van der Waals surface area contributed by atoms with E-state index >= 15 is 0 Å². The molecule has 2 aliphatic heterocycles. The first kappa shape index (κ1) is 24.6. The molecule has 2 saturated heterocycles. The number of rotatable bonds is 3. The highest BCUT2D eigenvalue weighted by Gasteiger charge is 2.47. The maximum atomic E-state index is 14.3. The number of ether oxygens (including phenoxy) is 1. The fraction of sp³-hybridized carbons (Fsp3) is 0.591. The van der Waals surface area contributed by atoms with Crippen LogP contribution in [0.2, 0.25) is 5.02 Å². The smallest absolute Gasteiger partial charge is 0.410 e. The Kier molecular flexibility index (Phi) is 6.20. The van der Waals surface area contributed by atoms with Gasteiger partial charge in [0.05, 0.1) is 16.2 Å². The predicted molar refractivity (Wildman–Crippen MR) is 116 cm³/mol. The van der Waals surface area contributed by atoms with Crippen LogP contribution in [0.3, 0.4) is 0 Å². The molecule has 0 aliphatic carbocycles. The van der Waals surface area contributed by atoms with E-state index < -0.39 is 42.2 Å². The number of halogens is 5. The van der Waals surface area contributed by atoms with E-state index in [-0.39, 0.29) is 48.8 Å². The minimum absolute atomic E-state index is 0.0118. The molecule has 3 heterocycles. The molecule has 1 aromatic carbocycles. The standard InChI is InChI=1S/C22H25ClF4N4O3/c1-21(2,3)34-20(33)29-9-12(10-29)19-17-14(7-6-13(24)18(17)23)31(28-19)11-16(32)30-8-4-5-15(30)22(25,26)27/h6-7,12,15H,4-5,8-11H2,1-3H3/t15-/m0/s1. The van der Waals surface area contributed by atoms with Gasteiger partial charge < -0.3 is 14.5 Å². The van der Waals surface area contributed by atoms with Gasteiger partial charge in [0.2, 0.25) is 5.91 Å². The third kappa shape index (κ3) is 4.67. The SMILES string of the molecule is CC(C)(C)OC(=O)N1CC(c2nn(CC(=O)N3CCC[C@H]3C(F)(F)F)c3ccc(F)c(Cl)c23)C1. The van der Waals surface area contributed by atoms with Crippen LogP contribution in [-0.4, -0.2) is 69.0 Å². The number of hydrogen-bond donors (Lipinski definition) is 0. The number of carbonyl (C=O) groups excluding carboxylic acids is 2. The maximum absolute atomic E-state index is 14.3. The molecule has 2 aromatic rings. The molecule has 0 saturated carbocycles. The van der Waals surface area contributed by atoms with Gasteiger partial charge in [-0.15, -0.1) is 0 Å². The quantitative estimate of drug-likeness (QED) is 0.567. The van der Waals surface area contributed by atoms with Crippen LogP contribution in [0.4, 0.5) is 22.4 Å². The largest absolute Gasteiger partial charge is 0.444 e. The Morgan fingerprint density at radius 3 is 2.50 bits per heavy atom. The normalized spacial score (nSPS) is 19.6. The van der Waals surface area contributed by atoms with Gasteiger partial charge in [-0.25, -0.2) is 9.18 Å². The highest BCUT2D eigenvalue weighted by Crippen LogP contribution is 2.38. The van der Waals surface area contributed by atoms with Crippen LogP contribution in [0.5, 0.6) is 0 Å². The molecule has 1 atom stereocenters. The number of nitrogens with zero attached hydrogens (tertiary/aromatic N) is 4. The van der Waals surface area contributed by atoms with Crippen LogP contribution in [0.25, 0.3) is 10.9 Å². The summed E-state index contributed by atoms with van der Waals surface area (Å²) >= 11 is 6.22. The van der Waals surface area contributed by atoms with Crippen LogP contribution in [-0.2, 0) is 16.1 Å². The minimum Gasteiger partial charge on any atom is -0.444 e. The Balaban J connectivity index is 1.59. The summed E-state index contributed by atoms with van der Waals surface area (Å²) in [5.41, 5.74) is 0.0710. The third-order valence-corrected chi connectivity index (χ3v) is 6.36. The van der Waals surface area contributed by atoms with Crippen LogP contribution in [0, 0.1) is 5.82 Å². The molecule has 2 fully saturated rings. The number of benzene rings is 1. The van der Waals surface area contributed by atoms with Crippen molar-refractivity contribution in [2.75, 3.05) is 19.6 Å². The molecule has 2 amide bonds. The average molecular weight is 505 g/mol. The number of carbonyl (C=O) groups is 2. The monoisotopic (exact) mass is 504 g/mol. The Hall–Kier alpha value is -2.56. The van der Waals surface area contributed by atoms with Crippen LogP contribution in [0.1, 0.15) is 45.2 Å². The molecule has 0 radical (unpaired) electrons. The summed E-state index contributed by atoms with van der Waals surface area (Å²) in [5, 5.41) is 4.54. The number of amides is 2. The van der Waals surface area contributed by atoms with Crippen molar-refractivity contribution < 1.29 is 31.9 Å². The molecule has 7 nitrogen and oxygen atoms in total. The van der Waals surface area contributed by atoms with Gasteiger partial charge in [-0.3, -0.25) is 9.48 Å². The molecule has 1 aromatic heterocycles. The molecule has 0 unspecified atom stereocenters. The van der Waals surface area contributed by atoms with Crippen molar-refractivity contribution >= 4 is 34.5 Å². The van der Waals surface area contributed by atoms with Crippen molar-refractivity contribution in [3.8, 4) is 0 Å². The zero-order valence-electron chi connectivity index (χ0n) is 19.0. The van der Waals surface area contributed by atoms with E-state index in [4.69, 9.17) is 16.3 Å². The van der Waals surface area contributed by atoms with Gasteiger partial charge in [-0.1, -0.05) is 11.6 Å². The van der Waals surface area contributed by atoms with Crippen molar-refractivity contribution in [3.05, 3.63) is 28.7 Å². The van der Waals surface area contributed by atoms with E-state index in [1.54, 1.807) is 20.8 Å². The summed E-state index contributed by atoms with van der Waals surface area (Å²) in [7, 11) is 0. The van der Waals surface area contributed by atoms with Crippen LogP contribution in [0.15, 0.2) is 12.1 Å². The molecule has 2 aliphatic rings. The summed E-state index contributed by atoms with van der Waals surface area (Å²) < 4.78 is 60.8. The summed E-state index contributed by atoms with van der Waals surface area (Å²) in [5.74, 6) is -1.69. The first-order chi connectivity index (χ1) is 15.8. The van der Waals surface area contributed by atoms with E-state index in [1.165, 1.54) is 15.6 Å². The summed E-state index contributed by atoms with van der Waals surface area (Å²) in [6.07, 6.45) is -4.87. The Morgan fingerprint density at radius 1 is 1.21 bits per heavy atom. The number of aromatic nitrogens is 2. The fourth-order valence-electron chi connectivity index (χ4n) is 4.39. The molecule has 34 heavy (non-hydrogen) atoms. The number of hydrogen-bond acceptors (Lipinski definition) is 4. The van der Waals surface area contributed by atoms with Crippen molar-refractivity contribution in [1.29, 1.82) is 0 Å². The second-order valence-corrected chi connectivity index (χ2v) is 10.0. The zero-order chi connectivity index (χ0) is 25.0. The average Bonchev–Trinajstić information content (AvgIpc) is 3.28. The summed E-state index contributed by atoms with van der Waals surface area (Å²) in [4.78, 5) is 27.3. The first-order valence-electron chi connectivity index (χ1n) is 10.9. The predicted octanol–water partition coefficient (Wildman–Crippen LogP) is 4.72. The van der Waals surface area contributed by atoms with Crippen molar-refractivity contribution in [2.24, 2.45) is 0 Å². The molecule has 4 rings (SSSR count). The van der Waals surface area contributed by atoms with E-state index in [2.05, 4.69) is 5.10 Å².